The molecule has 180 valence electrons. The number of hydrogen-bond acceptors (Lipinski definition) is 4. The number of nitrogens with zero attached hydrogens (tertiary/aromatic N) is 4. The number of azo groups is 1. The van der Waals surface area contributed by atoms with Crippen molar-refractivity contribution in [1.82, 2.24) is 9.55 Å². The van der Waals surface area contributed by atoms with E-state index in [1.54, 1.807) is 6.07 Å². The van der Waals surface area contributed by atoms with Crippen LogP contribution < -0.4 is 0 Å². The Balaban J connectivity index is 1.58. The summed E-state index contributed by atoms with van der Waals surface area (Å²) in [6.45, 7) is 6.94. The van der Waals surface area contributed by atoms with Crippen LogP contribution in [0.15, 0.2) is 89.1 Å². The molecule has 5 aromatic rings. The highest BCUT2D eigenvalue weighted by Gasteiger charge is 2.19. The smallest absolute Gasteiger partial charge is 0.296 e. The number of para-hydroxylation sites is 1. The Morgan fingerprint density at radius 1 is 0.972 bits per heavy atom. The summed E-state index contributed by atoms with van der Waals surface area (Å²) >= 11 is 0. The van der Waals surface area contributed by atoms with Gasteiger partial charge in [-0.1, -0.05) is 74.0 Å². The molecule has 0 bridgehead atoms. The monoisotopic (exact) mass is 476 g/mol. The van der Waals surface area contributed by atoms with E-state index in [1.165, 1.54) is 0 Å². The van der Waals surface area contributed by atoms with Gasteiger partial charge in [-0.15, -0.1) is 10.2 Å². The first-order valence-electron chi connectivity index (χ1n) is 12.2. The lowest BCUT2D eigenvalue weighted by molar-refractivity contribution is 0.0996. The van der Waals surface area contributed by atoms with Crippen LogP contribution in [0.2, 0.25) is 0 Å². The van der Waals surface area contributed by atoms with E-state index in [1.807, 2.05) is 84.3 Å². The van der Waals surface area contributed by atoms with Crippen LogP contribution in [0, 0.1) is 12.8 Å². The third-order valence-corrected chi connectivity index (χ3v) is 6.35. The van der Waals surface area contributed by atoms with Gasteiger partial charge in [0.05, 0.1) is 22.3 Å². The number of aromatic nitrogens is 2. The molecule has 1 amide bonds. The number of hydrogen-bond donors (Lipinski definition) is 1. The molecule has 6 nitrogen and oxygen atoms in total. The molecule has 0 aliphatic carbocycles. The summed E-state index contributed by atoms with van der Waals surface area (Å²) < 4.78 is 1.85. The number of aryl methyl sites for hydroxylation is 2. The van der Waals surface area contributed by atoms with Crippen molar-refractivity contribution in [1.29, 1.82) is 0 Å². The van der Waals surface area contributed by atoms with E-state index in [2.05, 4.69) is 24.1 Å². The van der Waals surface area contributed by atoms with Gasteiger partial charge in [0.1, 0.15) is 0 Å². The Kier molecular flexibility index (Phi) is 6.34. The van der Waals surface area contributed by atoms with Gasteiger partial charge >= 0.3 is 0 Å². The minimum atomic E-state index is -0.485. The zero-order valence-corrected chi connectivity index (χ0v) is 20.6. The van der Waals surface area contributed by atoms with Gasteiger partial charge in [0.15, 0.2) is 5.69 Å². The van der Waals surface area contributed by atoms with E-state index in [9.17, 15) is 9.90 Å². The van der Waals surface area contributed by atoms with Crippen LogP contribution in [0.25, 0.3) is 33.1 Å². The fraction of sp³-hybridized carbons (Fsp3) is 0.200. The highest BCUT2D eigenvalue weighted by molar-refractivity contribution is 6.07. The largest absolute Gasteiger partial charge is 0.493 e. The Labute approximate surface area is 210 Å². The molecule has 3 aromatic carbocycles. The number of rotatable bonds is 6. The highest BCUT2D eigenvalue weighted by atomic mass is 16.3. The Morgan fingerprint density at radius 3 is 2.50 bits per heavy atom. The van der Waals surface area contributed by atoms with Gasteiger partial charge < -0.3 is 9.67 Å². The van der Waals surface area contributed by atoms with Crippen molar-refractivity contribution in [3.63, 3.8) is 0 Å². The van der Waals surface area contributed by atoms with E-state index in [-0.39, 0.29) is 5.88 Å². The molecule has 0 saturated carbocycles. The standard InChI is InChI=1S/C30H28N4O2/c1-19(2)15-16-34-27-14-13-20(3)17-24(27)28(30(34)36)32-33-29(35)23-18-26(21-9-5-4-6-10-21)31-25-12-8-7-11-22(23)25/h4-14,17-19,36H,15-16H2,1-3H3. The molecule has 1 N–H and O–H groups in total. The molecule has 0 radical (unpaired) electrons. The van der Waals surface area contributed by atoms with E-state index < -0.39 is 5.91 Å². The number of pyridine rings is 1. The number of carbonyl (C=O) groups excluding carboxylic acids is 1. The van der Waals surface area contributed by atoms with Crippen LogP contribution in [0.1, 0.15) is 36.2 Å². The SMILES string of the molecule is Cc1ccc2c(c1)c(N=NC(=O)c1cc(-c3ccccc3)nc3ccccc13)c(O)n2CCC(C)C. The van der Waals surface area contributed by atoms with Crippen LogP contribution >= 0.6 is 0 Å². The van der Waals surface area contributed by atoms with Crippen molar-refractivity contribution in [2.75, 3.05) is 0 Å². The Bertz CT molecular complexity index is 1600. The van der Waals surface area contributed by atoms with Crippen LogP contribution in [0.5, 0.6) is 5.88 Å². The fourth-order valence-corrected chi connectivity index (χ4v) is 4.41. The number of benzene rings is 3. The molecule has 6 heteroatoms. The molecule has 0 spiro atoms. The second-order valence-electron chi connectivity index (χ2n) is 9.47. The summed E-state index contributed by atoms with van der Waals surface area (Å²) in [6, 6.07) is 25.0. The first-order chi connectivity index (χ1) is 17.4. The van der Waals surface area contributed by atoms with Gasteiger partial charge in [-0.05, 0) is 43.5 Å². The van der Waals surface area contributed by atoms with Crippen molar-refractivity contribution < 1.29 is 9.90 Å². The maximum Gasteiger partial charge on any atom is 0.296 e. The molecule has 2 heterocycles. The molecule has 5 rings (SSSR count). The van der Waals surface area contributed by atoms with Crippen molar-refractivity contribution in [3.8, 4) is 17.1 Å². The quantitative estimate of drug-likeness (QED) is 0.253. The second-order valence-corrected chi connectivity index (χ2v) is 9.47. The maximum absolute atomic E-state index is 13.4. The molecule has 0 aliphatic heterocycles. The molecule has 0 aliphatic rings. The van der Waals surface area contributed by atoms with Gasteiger partial charge in [-0.25, -0.2) is 4.98 Å². The predicted octanol–water partition coefficient (Wildman–Crippen LogP) is 7.84. The molecule has 0 fully saturated rings. The number of aromatic hydroxyl groups is 1. The zero-order chi connectivity index (χ0) is 25.2. The number of fused-ring (bicyclic) bond motifs is 2. The van der Waals surface area contributed by atoms with Gasteiger partial charge in [-0.3, -0.25) is 4.79 Å². The summed E-state index contributed by atoms with van der Waals surface area (Å²) in [6.07, 6.45) is 0.909. The van der Waals surface area contributed by atoms with Crippen molar-refractivity contribution in [2.24, 2.45) is 16.1 Å². The third kappa shape index (κ3) is 4.50. The lowest BCUT2D eigenvalue weighted by atomic mass is 10.0. The third-order valence-electron chi connectivity index (χ3n) is 6.35. The van der Waals surface area contributed by atoms with Crippen molar-refractivity contribution in [3.05, 3.63) is 90.0 Å². The summed E-state index contributed by atoms with van der Waals surface area (Å²) in [7, 11) is 0. The lowest BCUT2D eigenvalue weighted by Gasteiger charge is -2.09. The van der Waals surface area contributed by atoms with Gasteiger partial charge in [0, 0.05) is 22.9 Å². The summed E-state index contributed by atoms with van der Waals surface area (Å²) in [4.78, 5) is 18.1. The number of amides is 1. The molecule has 0 atom stereocenters. The molecule has 2 aromatic heterocycles. The Hall–Kier alpha value is -4.32. The van der Waals surface area contributed by atoms with Crippen LogP contribution in [-0.2, 0) is 6.54 Å². The average molecular weight is 477 g/mol. The topological polar surface area (TPSA) is 79.8 Å². The van der Waals surface area contributed by atoms with Gasteiger partial charge in [-0.2, -0.15) is 0 Å². The first-order valence-corrected chi connectivity index (χ1v) is 12.2. The molecular weight excluding hydrogens is 448 g/mol. The van der Waals surface area contributed by atoms with Gasteiger partial charge in [0.2, 0.25) is 5.88 Å². The van der Waals surface area contributed by atoms with E-state index in [0.717, 1.165) is 28.5 Å². The maximum atomic E-state index is 13.4. The van der Waals surface area contributed by atoms with Crippen molar-refractivity contribution in [2.45, 2.75) is 33.7 Å². The van der Waals surface area contributed by atoms with E-state index >= 15 is 0 Å². The molecular formula is C30H28N4O2. The number of carbonyl (C=O) groups is 1. The molecule has 0 unspecified atom stereocenters. The normalized spacial score (nSPS) is 11.8. The van der Waals surface area contributed by atoms with Crippen molar-refractivity contribution >= 4 is 33.4 Å². The van der Waals surface area contributed by atoms with Crippen LogP contribution in [-0.4, -0.2) is 20.6 Å². The predicted molar refractivity (Wildman–Crippen MR) is 144 cm³/mol. The minimum Gasteiger partial charge on any atom is -0.493 e. The summed E-state index contributed by atoms with van der Waals surface area (Å²) in [5.74, 6) is 0.0241. The second kappa shape index (κ2) is 9.74. The van der Waals surface area contributed by atoms with E-state index in [4.69, 9.17) is 4.98 Å². The van der Waals surface area contributed by atoms with Crippen LogP contribution in [0.3, 0.4) is 0 Å². The Morgan fingerprint density at radius 2 is 1.72 bits per heavy atom. The highest BCUT2D eigenvalue weighted by Crippen LogP contribution is 2.40. The molecule has 36 heavy (non-hydrogen) atoms. The van der Waals surface area contributed by atoms with Gasteiger partial charge in [0.25, 0.3) is 5.91 Å². The van der Waals surface area contributed by atoms with Crippen LogP contribution in [0.4, 0.5) is 5.69 Å². The fourth-order valence-electron chi connectivity index (χ4n) is 4.41. The lowest BCUT2D eigenvalue weighted by Crippen LogP contribution is -2.00. The summed E-state index contributed by atoms with van der Waals surface area (Å²) in [5.41, 5.74) is 4.96. The summed E-state index contributed by atoms with van der Waals surface area (Å²) in [5, 5.41) is 20.9. The zero-order valence-electron chi connectivity index (χ0n) is 20.6. The first kappa shape index (κ1) is 23.4. The molecule has 0 saturated heterocycles. The van der Waals surface area contributed by atoms with E-state index in [0.29, 0.717) is 40.3 Å². The average Bonchev–Trinajstić information content (AvgIpc) is 3.15. The minimum absolute atomic E-state index is 0.0253.